The molecule has 1 aromatic carbocycles. The van der Waals surface area contributed by atoms with E-state index in [9.17, 15) is 0 Å². The van der Waals surface area contributed by atoms with Gasteiger partial charge in [0.15, 0.2) is 11.5 Å². The Morgan fingerprint density at radius 1 is 1.14 bits per heavy atom. The minimum atomic E-state index is -0.796. The fraction of sp³-hybridized carbons (Fsp3) is 0.320. The van der Waals surface area contributed by atoms with E-state index in [0.717, 1.165) is 73.5 Å². The molecule has 4 heterocycles. The molecule has 1 aliphatic heterocycles. The summed E-state index contributed by atoms with van der Waals surface area (Å²) < 4.78 is 7.42. The van der Waals surface area contributed by atoms with Crippen LogP contribution in [0.1, 0.15) is 18.2 Å². The summed E-state index contributed by atoms with van der Waals surface area (Å²) in [5.41, 5.74) is 10.0. The number of imidazole rings is 1. The Labute approximate surface area is 222 Å². The van der Waals surface area contributed by atoms with Crippen molar-refractivity contribution >= 4 is 35.5 Å². The number of halogens is 2. The molecule has 0 bridgehead atoms. The molecule has 1 unspecified atom stereocenters. The summed E-state index contributed by atoms with van der Waals surface area (Å²) in [7, 11) is 0. The molecule has 9 nitrogen and oxygen atoms in total. The molecule has 1 fully saturated rings. The molecule has 0 spiro atoms. The van der Waals surface area contributed by atoms with Crippen LogP contribution in [-0.2, 0) is 10.3 Å². The van der Waals surface area contributed by atoms with Crippen molar-refractivity contribution in [2.75, 3.05) is 44.7 Å². The van der Waals surface area contributed by atoms with Gasteiger partial charge in [0.05, 0.1) is 42.0 Å². The van der Waals surface area contributed by atoms with Gasteiger partial charge in [-0.3, -0.25) is 9.30 Å². The minimum absolute atomic E-state index is 0. The number of nitrogens with two attached hydrogens (primary N) is 1. The second-order valence-corrected chi connectivity index (χ2v) is 9.05. The Bertz CT molecular complexity index is 1290. The first-order valence-corrected chi connectivity index (χ1v) is 11.8. The molecule has 1 saturated heterocycles. The van der Waals surface area contributed by atoms with Crippen molar-refractivity contribution < 1.29 is 4.74 Å². The van der Waals surface area contributed by atoms with Gasteiger partial charge in [0.25, 0.3) is 0 Å². The van der Waals surface area contributed by atoms with Gasteiger partial charge in [0.1, 0.15) is 0 Å². The Morgan fingerprint density at radius 2 is 1.92 bits per heavy atom. The van der Waals surface area contributed by atoms with E-state index in [0.29, 0.717) is 5.02 Å². The Morgan fingerprint density at radius 3 is 2.69 bits per heavy atom. The summed E-state index contributed by atoms with van der Waals surface area (Å²) in [6.07, 6.45) is 5.50. The van der Waals surface area contributed by atoms with Crippen molar-refractivity contribution in [3.8, 4) is 11.4 Å². The van der Waals surface area contributed by atoms with E-state index >= 15 is 0 Å². The molecule has 0 saturated carbocycles. The van der Waals surface area contributed by atoms with Crippen LogP contribution < -0.4 is 17.2 Å². The predicted molar refractivity (Wildman–Crippen MR) is 146 cm³/mol. The maximum atomic E-state index is 6.73. The van der Waals surface area contributed by atoms with Crippen molar-refractivity contribution in [1.82, 2.24) is 30.4 Å². The second-order valence-electron chi connectivity index (χ2n) is 8.61. The number of benzene rings is 1. The summed E-state index contributed by atoms with van der Waals surface area (Å²) >= 11 is 6.20. The number of nitrogens with zero attached hydrogens (tertiary/aromatic N) is 5. The van der Waals surface area contributed by atoms with Gasteiger partial charge in [0.2, 0.25) is 0 Å². The van der Waals surface area contributed by atoms with Gasteiger partial charge < -0.3 is 21.9 Å². The van der Waals surface area contributed by atoms with Crippen LogP contribution in [0.15, 0.2) is 61.1 Å². The van der Waals surface area contributed by atoms with Crippen molar-refractivity contribution in [3.63, 3.8) is 0 Å². The van der Waals surface area contributed by atoms with Crippen LogP contribution in [0.3, 0.4) is 0 Å². The molecular weight excluding hydrogens is 499 g/mol. The fourth-order valence-corrected chi connectivity index (χ4v) is 4.41. The van der Waals surface area contributed by atoms with Crippen LogP contribution >= 0.6 is 24.0 Å². The molecule has 0 aliphatic carbocycles. The molecule has 5 rings (SSSR count). The van der Waals surface area contributed by atoms with E-state index in [4.69, 9.17) is 27.1 Å². The van der Waals surface area contributed by atoms with E-state index in [1.54, 1.807) is 6.20 Å². The van der Waals surface area contributed by atoms with Crippen LogP contribution in [-0.4, -0.2) is 63.6 Å². The molecule has 4 aromatic rings. The Hall–Kier alpha value is -2.79. The zero-order valence-corrected chi connectivity index (χ0v) is 21.8. The molecule has 3 aromatic heterocycles. The van der Waals surface area contributed by atoms with Gasteiger partial charge in [-0.25, -0.2) is 15.0 Å². The number of pyridine rings is 1. The molecule has 11 heteroatoms. The normalized spacial score (nSPS) is 15.5. The van der Waals surface area contributed by atoms with E-state index in [1.807, 2.05) is 66.2 Å². The van der Waals surface area contributed by atoms with Gasteiger partial charge in [-0.15, -0.1) is 12.4 Å². The molecule has 1 atom stereocenters. The maximum Gasteiger partial charge on any atom is 0.180 e. The topological polar surface area (TPSA) is 129 Å². The molecule has 6 N–H and O–H groups in total. The summed E-state index contributed by atoms with van der Waals surface area (Å²) in [5.74, 6) is 0.751. The minimum Gasteiger partial charge on any atom is -0.379 e. The number of aromatic nitrogens is 4. The fourth-order valence-electron chi connectivity index (χ4n) is 4.22. The van der Waals surface area contributed by atoms with Gasteiger partial charge in [0, 0.05) is 43.6 Å². The molecule has 0 amide bonds. The van der Waals surface area contributed by atoms with E-state index < -0.39 is 5.54 Å². The van der Waals surface area contributed by atoms with E-state index in [1.165, 1.54) is 0 Å². The largest absolute Gasteiger partial charge is 0.379 e. The lowest BCUT2D eigenvalue weighted by atomic mass is 9.89. The average Bonchev–Trinajstić information content (AvgIpc) is 3.30. The summed E-state index contributed by atoms with van der Waals surface area (Å²) in [4.78, 5) is 16.4. The first kappa shape index (κ1) is 27.8. The maximum absolute atomic E-state index is 6.73. The van der Waals surface area contributed by atoms with E-state index in [-0.39, 0.29) is 18.6 Å². The van der Waals surface area contributed by atoms with Gasteiger partial charge in [-0.05, 0) is 36.8 Å². The third kappa shape index (κ3) is 5.78. The lowest BCUT2D eigenvalue weighted by Gasteiger charge is -2.26. The first-order chi connectivity index (χ1) is 16.5. The summed E-state index contributed by atoms with van der Waals surface area (Å²) in [6.45, 7) is 7.18. The molecule has 36 heavy (non-hydrogen) atoms. The highest BCUT2D eigenvalue weighted by Gasteiger charge is 2.26. The second kappa shape index (κ2) is 12.0. The lowest BCUT2D eigenvalue weighted by molar-refractivity contribution is 0.0398. The highest BCUT2D eigenvalue weighted by molar-refractivity contribution is 6.30. The van der Waals surface area contributed by atoms with E-state index in [2.05, 4.69) is 20.2 Å². The third-order valence-corrected chi connectivity index (χ3v) is 6.46. The predicted octanol–water partition coefficient (Wildman–Crippen LogP) is 3.99. The molecular formula is C25H32Cl2N8O. The number of fused-ring (bicyclic) bond motifs is 1. The van der Waals surface area contributed by atoms with Crippen LogP contribution in [0.5, 0.6) is 0 Å². The quantitative estimate of drug-likeness (QED) is 0.327. The van der Waals surface area contributed by atoms with Crippen LogP contribution in [0, 0.1) is 0 Å². The number of hydrogen-bond donors (Lipinski definition) is 3. The smallest absolute Gasteiger partial charge is 0.180 e. The number of hydrogen-bond acceptors (Lipinski definition) is 8. The Kier molecular flexibility index (Phi) is 9.24. The van der Waals surface area contributed by atoms with Gasteiger partial charge in [-0.2, -0.15) is 0 Å². The van der Waals surface area contributed by atoms with Crippen molar-refractivity contribution in [1.29, 1.82) is 0 Å². The van der Waals surface area contributed by atoms with Gasteiger partial charge >= 0.3 is 0 Å². The molecule has 192 valence electrons. The SMILES string of the molecule is CC(N)(c1cccc(Cl)c1)c1cccc(-c2cnc3c(NCCN4CCOCC4)nccn23)n1.Cl.N. The average molecular weight is 531 g/mol. The van der Waals surface area contributed by atoms with Crippen LogP contribution in [0.2, 0.25) is 5.02 Å². The van der Waals surface area contributed by atoms with Crippen molar-refractivity contribution in [2.45, 2.75) is 12.5 Å². The Balaban J connectivity index is 0.00000180. The highest BCUT2D eigenvalue weighted by atomic mass is 35.5. The molecule has 1 aliphatic rings. The first-order valence-electron chi connectivity index (χ1n) is 11.4. The number of rotatable bonds is 7. The van der Waals surface area contributed by atoms with Crippen LogP contribution in [0.25, 0.3) is 17.0 Å². The number of morpholine rings is 1. The number of anilines is 1. The third-order valence-electron chi connectivity index (χ3n) is 6.22. The molecule has 0 radical (unpaired) electrons. The summed E-state index contributed by atoms with van der Waals surface area (Å²) in [5, 5.41) is 4.08. The lowest BCUT2D eigenvalue weighted by Crippen LogP contribution is -2.39. The summed E-state index contributed by atoms with van der Waals surface area (Å²) in [6, 6.07) is 13.5. The zero-order chi connectivity index (χ0) is 23.5. The van der Waals surface area contributed by atoms with Gasteiger partial charge in [-0.1, -0.05) is 29.8 Å². The van der Waals surface area contributed by atoms with Crippen LogP contribution in [0.4, 0.5) is 5.82 Å². The van der Waals surface area contributed by atoms with Crippen molar-refractivity contribution in [2.24, 2.45) is 5.73 Å². The standard InChI is InChI=1S/C25H28ClN7O.ClH.H3N/c1-25(27,18-4-2-5-19(26)16-18)22-7-3-6-20(31-22)21-17-30-24-23(29-9-11-33(21)24)28-8-10-32-12-14-34-15-13-32;;/h2-7,9,11,16-17H,8,10,12-15,27H2,1H3,(H,28,29);1H;1H3. The monoisotopic (exact) mass is 530 g/mol. The zero-order valence-electron chi connectivity index (χ0n) is 20.2. The number of nitrogens with one attached hydrogen (secondary N) is 1. The number of ether oxygens (including phenoxy) is 1. The highest BCUT2D eigenvalue weighted by Crippen LogP contribution is 2.29. The van der Waals surface area contributed by atoms with Crippen molar-refractivity contribution in [3.05, 3.63) is 77.3 Å².